The summed E-state index contributed by atoms with van der Waals surface area (Å²) < 4.78 is 0. The molecule has 0 unspecified atom stereocenters. The monoisotopic (exact) mass is 291 g/mol. The van der Waals surface area contributed by atoms with E-state index in [-0.39, 0.29) is 0 Å². The van der Waals surface area contributed by atoms with Crippen LogP contribution in [0, 0.1) is 11.3 Å². The van der Waals surface area contributed by atoms with Gasteiger partial charge in [-0.3, -0.25) is 0 Å². The summed E-state index contributed by atoms with van der Waals surface area (Å²) in [6.07, 6.45) is 3.78. The molecule has 98 valence electrons. The van der Waals surface area contributed by atoms with Crippen molar-refractivity contribution in [3.05, 3.63) is 44.9 Å². The van der Waals surface area contributed by atoms with Crippen LogP contribution in [-0.4, -0.2) is 11.5 Å². The number of rotatable bonds is 5. The van der Waals surface area contributed by atoms with Crippen molar-refractivity contribution < 1.29 is 0 Å². The molecule has 0 aliphatic rings. The van der Waals surface area contributed by atoms with Gasteiger partial charge in [-0.15, -0.1) is 11.3 Å². The Balaban J connectivity index is 1.98. The van der Waals surface area contributed by atoms with Crippen LogP contribution < -0.4 is 5.32 Å². The number of para-hydroxylation sites is 1. The molecule has 1 aromatic heterocycles. The van der Waals surface area contributed by atoms with E-state index in [1.807, 2.05) is 6.20 Å². The highest BCUT2D eigenvalue weighted by atomic mass is 35.5. The maximum Gasteiger partial charge on any atom is 0.101 e. The van der Waals surface area contributed by atoms with E-state index in [0.717, 1.165) is 24.4 Å². The first kappa shape index (κ1) is 13.9. The molecular weight excluding hydrogens is 278 g/mol. The minimum atomic E-state index is 0.570. The molecule has 0 fully saturated rings. The van der Waals surface area contributed by atoms with Crippen LogP contribution >= 0.6 is 22.9 Å². The zero-order valence-electron chi connectivity index (χ0n) is 10.6. The van der Waals surface area contributed by atoms with Crippen molar-refractivity contribution in [3.63, 3.8) is 0 Å². The number of aromatic nitrogens is 1. The highest BCUT2D eigenvalue weighted by Crippen LogP contribution is 2.25. The number of benzene rings is 1. The number of hydrogen-bond acceptors (Lipinski definition) is 4. The second-order valence-corrected chi connectivity index (χ2v) is 5.63. The van der Waals surface area contributed by atoms with Crippen molar-refractivity contribution in [2.45, 2.75) is 19.8 Å². The first-order valence-electron chi connectivity index (χ1n) is 6.10. The number of thiazole rings is 1. The van der Waals surface area contributed by atoms with Crippen molar-refractivity contribution in [1.82, 2.24) is 4.98 Å². The van der Waals surface area contributed by atoms with Crippen LogP contribution in [0.2, 0.25) is 5.02 Å². The van der Waals surface area contributed by atoms with Crippen LogP contribution in [0.4, 0.5) is 5.69 Å². The van der Waals surface area contributed by atoms with Crippen LogP contribution in [-0.2, 0) is 12.8 Å². The largest absolute Gasteiger partial charge is 0.382 e. The molecule has 2 aromatic rings. The third-order valence-corrected chi connectivity index (χ3v) is 4.24. The Morgan fingerprint density at radius 1 is 1.47 bits per heavy atom. The highest BCUT2D eigenvalue weighted by Gasteiger charge is 2.06. The fraction of sp³-hybridized carbons (Fsp3) is 0.286. The quantitative estimate of drug-likeness (QED) is 0.909. The van der Waals surface area contributed by atoms with Gasteiger partial charge in [0.1, 0.15) is 6.07 Å². The highest BCUT2D eigenvalue weighted by molar-refractivity contribution is 7.11. The summed E-state index contributed by atoms with van der Waals surface area (Å²) in [6, 6.07) is 7.45. The summed E-state index contributed by atoms with van der Waals surface area (Å²) in [5.41, 5.74) is 1.28. The lowest BCUT2D eigenvalue weighted by atomic mass is 10.2. The third kappa shape index (κ3) is 3.46. The lowest BCUT2D eigenvalue weighted by Gasteiger charge is -2.08. The average Bonchev–Trinajstić information content (AvgIpc) is 2.88. The Bertz CT molecular complexity index is 601. The second-order valence-electron chi connectivity index (χ2n) is 4.02. The molecular formula is C14H14ClN3S. The van der Waals surface area contributed by atoms with Gasteiger partial charge in [0, 0.05) is 24.0 Å². The Hall–Kier alpha value is -1.57. The van der Waals surface area contributed by atoms with Crippen LogP contribution in [0.1, 0.15) is 22.4 Å². The normalized spacial score (nSPS) is 10.2. The molecule has 0 aliphatic heterocycles. The van der Waals surface area contributed by atoms with Crippen LogP contribution in [0.15, 0.2) is 24.4 Å². The maximum absolute atomic E-state index is 9.04. The minimum absolute atomic E-state index is 0.570. The Labute approximate surface area is 121 Å². The van der Waals surface area contributed by atoms with Gasteiger partial charge in [-0.2, -0.15) is 5.26 Å². The van der Waals surface area contributed by atoms with Gasteiger partial charge in [-0.05, 0) is 18.6 Å². The molecule has 1 N–H and O–H groups in total. The minimum Gasteiger partial charge on any atom is -0.382 e. The summed E-state index contributed by atoms with van der Waals surface area (Å²) >= 11 is 7.82. The van der Waals surface area contributed by atoms with Gasteiger partial charge < -0.3 is 5.32 Å². The lowest BCUT2D eigenvalue weighted by Crippen LogP contribution is -2.06. The number of nitriles is 1. The Morgan fingerprint density at radius 3 is 3.00 bits per heavy atom. The second kappa shape index (κ2) is 6.55. The van der Waals surface area contributed by atoms with E-state index in [9.17, 15) is 0 Å². The lowest BCUT2D eigenvalue weighted by molar-refractivity contribution is 0.996. The van der Waals surface area contributed by atoms with Crippen molar-refractivity contribution in [3.8, 4) is 6.07 Å². The van der Waals surface area contributed by atoms with Crippen molar-refractivity contribution in [2.75, 3.05) is 11.9 Å². The van der Waals surface area contributed by atoms with E-state index in [2.05, 4.69) is 23.3 Å². The van der Waals surface area contributed by atoms with Gasteiger partial charge in [0.05, 0.1) is 21.3 Å². The fourth-order valence-electron chi connectivity index (χ4n) is 1.72. The average molecular weight is 292 g/mol. The fourth-order valence-corrected chi connectivity index (χ4v) is 2.82. The Morgan fingerprint density at radius 2 is 2.32 bits per heavy atom. The number of halogens is 1. The van der Waals surface area contributed by atoms with Gasteiger partial charge >= 0.3 is 0 Å². The molecule has 5 heteroatoms. The SMILES string of the molecule is CCc1cnc(CCNc2c(Cl)cccc2C#N)s1. The molecule has 0 radical (unpaired) electrons. The number of hydrogen-bond donors (Lipinski definition) is 1. The van der Waals surface area contributed by atoms with Crippen molar-refractivity contribution >= 4 is 28.6 Å². The zero-order valence-corrected chi connectivity index (χ0v) is 12.2. The van der Waals surface area contributed by atoms with Crippen molar-refractivity contribution in [2.24, 2.45) is 0 Å². The van der Waals surface area contributed by atoms with E-state index < -0.39 is 0 Å². The standard InChI is InChI=1S/C14H14ClN3S/c1-2-11-9-18-13(19-11)6-7-17-14-10(8-16)4-3-5-12(14)15/h3-5,9,17H,2,6-7H2,1H3. The van der Waals surface area contributed by atoms with Gasteiger partial charge in [-0.25, -0.2) is 4.98 Å². The molecule has 0 aliphatic carbocycles. The molecule has 1 aromatic carbocycles. The van der Waals surface area contributed by atoms with Crippen molar-refractivity contribution in [1.29, 1.82) is 5.26 Å². The maximum atomic E-state index is 9.04. The molecule has 1 heterocycles. The number of anilines is 1. The summed E-state index contributed by atoms with van der Waals surface area (Å²) in [6.45, 7) is 2.84. The molecule has 0 spiro atoms. The van der Waals surface area contributed by atoms with E-state index in [1.165, 1.54) is 4.88 Å². The topological polar surface area (TPSA) is 48.7 Å². The summed E-state index contributed by atoms with van der Waals surface area (Å²) in [5, 5.41) is 13.9. The summed E-state index contributed by atoms with van der Waals surface area (Å²) in [4.78, 5) is 5.66. The van der Waals surface area contributed by atoms with Gasteiger partial charge in [0.15, 0.2) is 0 Å². The zero-order chi connectivity index (χ0) is 13.7. The molecule has 0 saturated heterocycles. The predicted molar refractivity (Wildman–Crippen MR) is 79.9 cm³/mol. The van der Waals surface area contributed by atoms with Gasteiger partial charge in [-0.1, -0.05) is 24.6 Å². The Kier molecular flexibility index (Phi) is 4.78. The summed E-state index contributed by atoms with van der Waals surface area (Å²) in [7, 11) is 0. The molecule has 19 heavy (non-hydrogen) atoms. The predicted octanol–water partition coefficient (Wildman–Crippen LogP) is 3.89. The van der Waals surface area contributed by atoms with Gasteiger partial charge in [0.25, 0.3) is 0 Å². The first-order chi connectivity index (χ1) is 9.24. The molecule has 0 saturated carbocycles. The molecule has 0 amide bonds. The van der Waals surface area contributed by atoms with E-state index in [4.69, 9.17) is 16.9 Å². The third-order valence-electron chi connectivity index (χ3n) is 2.72. The van der Waals surface area contributed by atoms with Gasteiger partial charge in [0.2, 0.25) is 0 Å². The molecule has 3 nitrogen and oxygen atoms in total. The molecule has 0 atom stereocenters. The van der Waals surface area contributed by atoms with Crippen LogP contribution in [0.5, 0.6) is 0 Å². The summed E-state index contributed by atoms with van der Waals surface area (Å²) in [5.74, 6) is 0. The van der Waals surface area contributed by atoms with E-state index >= 15 is 0 Å². The molecule has 2 rings (SSSR count). The first-order valence-corrected chi connectivity index (χ1v) is 7.30. The number of nitrogens with zero attached hydrogens (tertiary/aromatic N) is 2. The molecule has 0 bridgehead atoms. The van der Waals surface area contributed by atoms with E-state index in [0.29, 0.717) is 16.3 Å². The van der Waals surface area contributed by atoms with Crippen LogP contribution in [0.3, 0.4) is 0 Å². The van der Waals surface area contributed by atoms with E-state index in [1.54, 1.807) is 29.5 Å². The van der Waals surface area contributed by atoms with Crippen LogP contribution in [0.25, 0.3) is 0 Å². The smallest absolute Gasteiger partial charge is 0.101 e. The number of nitrogens with one attached hydrogen (secondary N) is 1. The number of aryl methyl sites for hydroxylation is 1.